The van der Waals surface area contributed by atoms with E-state index in [1.165, 1.54) is 0 Å². The number of nitrogens with two attached hydrogens (primary N) is 1. The monoisotopic (exact) mass is 402 g/mol. The number of aromatic amines is 1. The molecule has 6 nitrogen and oxygen atoms in total. The Balaban J connectivity index is 1.67. The quantitative estimate of drug-likeness (QED) is 0.528. The first-order valence-corrected chi connectivity index (χ1v) is 9.73. The maximum absolute atomic E-state index is 14.7. The largest absolute Gasteiger partial charge is 0.493 e. The minimum atomic E-state index is -0.721. The number of fused-ring (bicyclic) bond motifs is 2. The molecule has 4 aromatic rings. The molecule has 0 aliphatic carbocycles. The number of nitrogens with zero attached hydrogens (tertiary/aromatic N) is 2. The fraction of sp³-hybridized carbons (Fsp3) is 0.174. The Morgan fingerprint density at radius 2 is 1.87 bits per heavy atom. The number of aryl methyl sites for hydroxylation is 2. The molecule has 0 atom stereocenters. The lowest BCUT2D eigenvalue weighted by molar-refractivity contribution is 0.288. The minimum absolute atomic E-state index is 0.000568. The van der Waals surface area contributed by atoms with Crippen LogP contribution in [0.4, 0.5) is 10.2 Å². The van der Waals surface area contributed by atoms with Crippen molar-refractivity contribution in [2.75, 3.05) is 12.3 Å². The van der Waals surface area contributed by atoms with E-state index in [0.717, 1.165) is 35.1 Å². The first kappa shape index (κ1) is 18.3. The molecule has 2 aromatic heterocycles. The molecule has 1 aliphatic heterocycles. The van der Waals surface area contributed by atoms with Gasteiger partial charge < -0.3 is 15.5 Å². The lowest BCUT2D eigenvalue weighted by atomic mass is 10.0. The number of nitrogen functional groups attached to an aromatic ring is 1. The van der Waals surface area contributed by atoms with Gasteiger partial charge in [-0.2, -0.15) is 9.37 Å². The predicted octanol–water partition coefficient (Wildman–Crippen LogP) is 4.01. The summed E-state index contributed by atoms with van der Waals surface area (Å²) in [5.41, 5.74) is 9.60. The summed E-state index contributed by atoms with van der Waals surface area (Å²) in [6, 6.07) is 10.8. The average Bonchev–Trinajstić information content (AvgIpc) is 2.76. The van der Waals surface area contributed by atoms with Crippen molar-refractivity contribution >= 4 is 16.6 Å². The third-order valence-corrected chi connectivity index (χ3v) is 5.44. The van der Waals surface area contributed by atoms with Crippen molar-refractivity contribution in [2.24, 2.45) is 0 Å². The number of pyridine rings is 1. The number of halogens is 1. The average molecular weight is 402 g/mol. The third kappa shape index (κ3) is 2.99. The maximum atomic E-state index is 14.7. The highest BCUT2D eigenvalue weighted by molar-refractivity contribution is 5.90. The van der Waals surface area contributed by atoms with Crippen molar-refractivity contribution in [3.8, 4) is 28.3 Å². The van der Waals surface area contributed by atoms with E-state index in [2.05, 4.69) is 15.0 Å². The fourth-order valence-electron chi connectivity index (χ4n) is 3.88. The standard InChI is InChI=1S/C23H19FN4O2/c1-12-11-26-23(29)16-6-4-15(10-17(12)16)20-22(25)28-21(24)19(27-20)14-5-7-18-13(9-14)3-2-8-30-18/h4-7,9-11H,2-3,8H2,1H3,(H2,25,28)(H,26,29). The summed E-state index contributed by atoms with van der Waals surface area (Å²) < 4.78 is 20.3. The maximum Gasteiger partial charge on any atom is 0.255 e. The molecule has 150 valence electrons. The number of anilines is 1. The topological polar surface area (TPSA) is 93.9 Å². The minimum Gasteiger partial charge on any atom is -0.493 e. The number of ether oxygens (including phenoxy) is 1. The molecular weight excluding hydrogens is 383 g/mol. The first-order valence-electron chi connectivity index (χ1n) is 9.73. The lowest BCUT2D eigenvalue weighted by Crippen LogP contribution is -2.09. The van der Waals surface area contributed by atoms with Gasteiger partial charge in [-0.3, -0.25) is 4.79 Å². The zero-order chi connectivity index (χ0) is 20.8. The molecule has 7 heteroatoms. The number of aromatic nitrogens is 3. The van der Waals surface area contributed by atoms with E-state index in [1.807, 2.05) is 25.1 Å². The molecule has 0 bridgehead atoms. The number of H-pyrrole nitrogens is 1. The summed E-state index contributed by atoms with van der Waals surface area (Å²) in [5, 5.41) is 1.36. The van der Waals surface area contributed by atoms with Crippen molar-refractivity contribution in [1.29, 1.82) is 0 Å². The molecule has 0 fully saturated rings. The highest BCUT2D eigenvalue weighted by atomic mass is 19.1. The lowest BCUT2D eigenvalue weighted by Gasteiger charge is -2.18. The summed E-state index contributed by atoms with van der Waals surface area (Å²) in [5.74, 6) is 0.102. The molecule has 0 saturated heterocycles. The summed E-state index contributed by atoms with van der Waals surface area (Å²) in [4.78, 5) is 23.2. The summed E-state index contributed by atoms with van der Waals surface area (Å²) in [6.45, 7) is 2.60. The van der Waals surface area contributed by atoms with Gasteiger partial charge >= 0.3 is 0 Å². The van der Waals surface area contributed by atoms with E-state index in [9.17, 15) is 9.18 Å². The molecule has 5 rings (SSSR count). The molecule has 0 saturated carbocycles. The smallest absolute Gasteiger partial charge is 0.255 e. The molecular formula is C23H19FN4O2. The van der Waals surface area contributed by atoms with Gasteiger partial charge in [0.1, 0.15) is 17.1 Å². The van der Waals surface area contributed by atoms with Crippen LogP contribution < -0.4 is 16.0 Å². The van der Waals surface area contributed by atoms with Crippen LogP contribution in [0.1, 0.15) is 17.5 Å². The van der Waals surface area contributed by atoms with Crippen molar-refractivity contribution in [2.45, 2.75) is 19.8 Å². The van der Waals surface area contributed by atoms with Gasteiger partial charge in [0.15, 0.2) is 5.82 Å². The second-order valence-electron chi connectivity index (χ2n) is 7.43. The van der Waals surface area contributed by atoms with Gasteiger partial charge in [-0.15, -0.1) is 0 Å². The molecule has 2 aromatic carbocycles. The van der Waals surface area contributed by atoms with Crippen molar-refractivity contribution in [3.63, 3.8) is 0 Å². The predicted molar refractivity (Wildman–Crippen MR) is 114 cm³/mol. The Kier molecular flexibility index (Phi) is 4.24. The second-order valence-corrected chi connectivity index (χ2v) is 7.43. The van der Waals surface area contributed by atoms with Crippen LogP contribution in [0, 0.1) is 12.9 Å². The Bertz CT molecular complexity index is 1360. The van der Waals surface area contributed by atoms with E-state index in [4.69, 9.17) is 10.5 Å². The zero-order valence-corrected chi connectivity index (χ0v) is 16.3. The number of nitrogens with one attached hydrogen (secondary N) is 1. The van der Waals surface area contributed by atoms with Crippen LogP contribution in [-0.2, 0) is 6.42 Å². The van der Waals surface area contributed by atoms with E-state index < -0.39 is 5.95 Å². The normalized spacial score (nSPS) is 13.1. The summed E-state index contributed by atoms with van der Waals surface area (Å²) in [6.07, 6.45) is 3.46. The highest BCUT2D eigenvalue weighted by Gasteiger charge is 2.18. The van der Waals surface area contributed by atoms with Gasteiger partial charge in [0, 0.05) is 22.7 Å². The van der Waals surface area contributed by atoms with Gasteiger partial charge in [-0.25, -0.2) is 4.98 Å². The van der Waals surface area contributed by atoms with Crippen LogP contribution in [0.3, 0.4) is 0 Å². The number of benzene rings is 2. The van der Waals surface area contributed by atoms with Crippen molar-refractivity contribution in [1.82, 2.24) is 15.0 Å². The zero-order valence-electron chi connectivity index (χ0n) is 16.3. The second kappa shape index (κ2) is 6.95. The highest BCUT2D eigenvalue weighted by Crippen LogP contribution is 2.33. The number of hydrogen-bond acceptors (Lipinski definition) is 5. The molecule has 1 aliphatic rings. The van der Waals surface area contributed by atoms with Gasteiger partial charge in [0.05, 0.1) is 6.61 Å². The van der Waals surface area contributed by atoms with Gasteiger partial charge in [0.25, 0.3) is 5.56 Å². The van der Waals surface area contributed by atoms with E-state index in [0.29, 0.717) is 28.8 Å². The van der Waals surface area contributed by atoms with Crippen molar-refractivity contribution in [3.05, 3.63) is 70.0 Å². The molecule has 0 radical (unpaired) electrons. The van der Waals surface area contributed by atoms with Crippen LogP contribution in [0.2, 0.25) is 0 Å². The Labute approximate surface area is 171 Å². The number of rotatable bonds is 2. The van der Waals surface area contributed by atoms with E-state index in [-0.39, 0.29) is 17.1 Å². The molecule has 0 unspecified atom stereocenters. The summed E-state index contributed by atoms with van der Waals surface area (Å²) in [7, 11) is 0. The first-order chi connectivity index (χ1) is 14.5. The van der Waals surface area contributed by atoms with E-state index >= 15 is 0 Å². The van der Waals surface area contributed by atoms with Crippen LogP contribution in [-0.4, -0.2) is 21.6 Å². The molecule has 0 spiro atoms. The van der Waals surface area contributed by atoms with E-state index in [1.54, 1.807) is 24.4 Å². The van der Waals surface area contributed by atoms with Crippen LogP contribution in [0.5, 0.6) is 5.75 Å². The van der Waals surface area contributed by atoms with Crippen LogP contribution >= 0.6 is 0 Å². The number of hydrogen-bond donors (Lipinski definition) is 2. The third-order valence-electron chi connectivity index (χ3n) is 5.44. The van der Waals surface area contributed by atoms with Gasteiger partial charge in [-0.1, -0.05) is 6.07 Å². The van der Waals surface area contributed by atoms with Crippen molar-refractivity contribution < 1.29 is 9.13 Å². The molecule has 3 N–H and O–H groups in total. The van der Waals surface area contributed by atoms with Gasteiger partial charge in [-0.05, 0) is 66.6 Å². The molecule has 30 heavy (non-hydrogen) atoms. The van der Waals surface area contributed by atoms with Crippen LogP contribution in [0.15, 0.2) is 47.4 Å². The SMILES string of the molecule is Cc1c[nH]c(=O)c2ccc(-c3nc(-c4ccc5c(c4)CCCO5)c(F)nc3N)cc12. The van der Waals surface area contributed by atoms with Crippen LogP contribution in [0.25, 0.3) is 33.3 Å². The summed E-state index contributed by atoms with van der Waals surface area (Å²) >= 11 is 0. The Morgan fingerprint density at radius 3 is 2.73 bits per heavy atom. The Hall–Kier alpha value is -3.74. The molecule has 0 amide bonds. The molecule has 3 heterocycles. The van der Waals surface area contributed by atoms with Gasteiger partial charge in [0.2, 0.25) is 5.95 Å². The fourth-order valence-corrected chi connectivity index (χ4v) is 3.88. The Morgan fingerprint density at radius 1 is 1.07 bits per heavy atom.